The second-order valence-electron chi connectivity index (χ2n) is 6.20. The van der Waals surface area contributed by atoms with Crippen molar-refractivity contribution >= 4 is 12.1 Å². The van der Waals surface area contributed by atoms with E-state index in [4.69, 9.17) is 9.47 Å². The Balaban J connectivity index is 4.42. The molecule has 5 heteroatoms. The fourth-order valence-electron chi connectivity index (χ4n) is 2.19. The average molecular weight is 327 g/mol. The minimum Gasteiger partial charge on any atom is -0.464 e. The van der Waals surface area contributed by atoms with Crippen LogP contribution in [0.1, 0.15) is 59.3 Å². The van der Waals surface area contributed by atoms with Crippen LogP contribution in [0.4, 0.5) is 4.79 Å². The molecular formula is C18H33NO4. The molecule has 0 aliphatic heterocycles. The van der Waals surface area contributed by atoms with E-state index in [1.54, 1.807) is 7.05 Å². The number of rotatable bonds is 12. The van der Waals surface area contributed by atoms with Crippen molar-refractivity contribution in [1.29, 1.82) is 0 Å². The lowest BCUT2D eigenvalue weighted by molar-refractivity contribution is -0.149. The fourth-order valence-corrected chi connectivity index (χ4v) is 2.19. The molecule has 23 heavy (non-hydrogen) atoms. The standard InChI is InChI=1S/C18H33NO4/c1-6-8-9-10-11-13-22-17(20)16(14-15(3)4)19(5)18(21)23-12-7-2/h7,15-16H,2,6,8-14H2,1,3-5H3. The summed E-state index contributed by atoms with van der Waals surface area (Å²) in [5.74, 6) is -0.0843. The average Bonchev–Trinajstić information content (AvgIpc) is 2.52. The van der Waals surface area contributed by atoms with E-state index < -0.39 is 12.1 Å². The summed E-state index contributed by atoms with van der Waals surface area (Å²) in [5, 5.41) is 0. The normalized spacial score (nSPS) is 11.9. The molecule has 0 aromatic carbocycles. The summed E-state index contributed by atoms with van der Waals surface area (Å²) in [7, 11) is 1.57. The summed E-state index contributed by atoms with van der Waals surface area (Å²) in [6.07, 6.45) is 7.01. The van der Waals surface area contributed by atoms with E-state index in [2.05, 4.69) is 13.5 Å². The van der Waals surface area contributed by atoms with Gasteiger partial charge in [0.15, 0.2) is 0 Å². The van der Waals surface area contributed by atoms with E-state index in [-0.39, 0.29) is 18.5 Å². The van der Waals surface area contributed by atoms with Gasteiger partial charge in [-0.15, -0.1) is 0 Å². The Hall–Kier alpha value is -1.52. The first-order chi connectivity index (χ1) is 10.9. The first kappa shape index (κ1) is 21.5. The largest absolute Gasteiger partial charge is 0.464 e. The summed E-state index contributed by atoms with van der Waals surface area (Å²) in [6.45, 7) is 10.2. The van der Waals surface area contributed by atoms with Crippen LogP contribution < -0.4 is 0 Å². The Kier molecular flexibility index (Phi) is 12.1. The van der Waals surface area contributed by atoms with Crippen molar-refractivity contribution < 1.29 is 19.1 Å². The van der Waals surface area contributed by atoms with Gasteiger partial charge in [-0.25, -0.2) is 9.59 Å². The smallest absolute Gasteiger partial charge is 0.410 e. The summed E-state index contributed by atoms with van der Waals surface area (Å²) < 4.78 is 10.3. The molecule has 5 nitrogen and oxygen atoms in total. The van der Waals surface area contributed by atoms with Crippen LogP contribution in [0.15, 0.2) is 12.7 Å². The van der Waals surface area contributed by atoms with Crippen LogP contribution in [0.3, 0.4) is 0 Å². The second-order valence-corrected chi connectivity index (χ2v) is 6.20. The van der Waals surface area contributed by atoms with E-state index in [9.17, 15) is 9.59 Å². The topological polar surface area (TPSA) is 55.8 Å². The van der Waals surface area contributed by atoms with Crippen LogP contribution in [0.25, 0.3) is 0 Å². The molecule has 0 aliphatic carbocycles. The van der Waals surface area contributed by atoms with E-state index in [1.807, 2.05) is 13.8 Å². The Morgan fingerprint density at radius 1 is 1.13 bits per heavy atom. The monoisotopic (exact) mass is 327 g/mol. The Morgan fingerprint density at radius 2 is 1.78 bits per heavy atom. The second kappa shape index (κ2) is 13.0. The van der Waals surface area contributed by atoms with Gasteiger partial charge in [0, 0.05) is 7.05 Å². The molecule has 0 heterocycles. The summed E-state index contributed by atoms with van der Waals surface area (Å²) in [6, 6.07) is -0.608. The number of likely N-dealkylation sites (N-methyl/N-ethyl adjacent to an activating group) is 1. The quantitative estimate of drug-likeness (QED) is 0.307. The van der Waals surface area contributed by atoms with Crippen molar-refractivity contribution in [3.8, 4) is 0 Å². The third-order valence-electron chi connectivity index (χ3n) is 3.54. The van der Waals surface area contributed by atoms with Crippen LogP contribution >= 0.6 is 0 Å². The van der Waals surface area contributed by atoms with Gasteiger partial charge in [0.25, 0.3) is 0 Å². The third-order valence-corrected chi connectivity index (χ3v) is 3.54. The van der Waals surface area contributed by atoms with Gasteiger partial charge >= 0.3 is 12.1 Å². The zero-order chi connectivity index (χ0) is 17.7. The Labute approximate surface area is 141 Å². The highest BCUT2D eigenvalue weighted by Crippen LogP contribution is 2.14. The van der Waals surface area contributed by atoms with Crippen molar-refractivity contribution in [2.24, 2.45) is 5.92 Å². The first-order valence-corrected chi connectivity index (χ1v) is 8.61. The molecule has 0 bridgehead atoms. The number of unbranched alkanes of at least 4 members (excludes halogenated alkanes) is 4. The van der Waals surface area contributed by atoms with Crippen molar-refractivity contribution in [3.63, 3.8) is 0 Å². The number of nitrogens with zero attached hydrogens (tertiary/aromatic N) is 1. The van der Waals surface area contributed by atoms with Crippen molar-refractivity contribution in [2.45, 2.75) is 65.3 Å². The van der Waals surface area contributed by atoms with Crippen LogP contribution in [0, 0.1) is 5.92 Å². The molecule has 0 saturated heterocycles. The number of amides is 1. The highest BCUT2D eigenvalue weighted by molar-refractivity contribution is 5.81. The van der Waals surface area contributed by atoms with E-state index in [0.29, 0.717) is 13.0 Å². The van der Waals surface area contributed by atoms with Gasteiger partial charge in [-0.2, -0.15) is 0 Å². The molecule has 1 amide bonds. The van der Waals surface area contributed by atoms with Crippen LogP contribution in [-0.4, -0.2) is 43.3 Å². The number of hydrogen-bond acceptors (Lipinski definition) is 4. The lowest BCUT2D eigenvalue weighted by atomic mass is 10.0. The summed E-state index contributed by atoms with van der Waals surface area (Å²) >= 11 is 0. The minimum atomic E-state index is -0.608. The molecule has 0 rings (SSSR count). The molecule has 0 spiro atoms. The predicted molar refractivity (Wildman–Crippen MR) is 92.3 cm³/mol. The van der Waals surface area contributed by atoms with E-state index >= 15 is 0 Å². The highest BCUT2D eigenvalue weighted by atomic mass is 16.6. The molecule has 0 aliphatic rings. The number of hydrogen-bond donors (Lipinski definition) is 0. The fraction of sp³-hybridized carbons (Fsp3) is 0.778. The van der Waals surface area contributed by atoms with Crippen molar-refractivity contribution in [2.75, 3.05) is 20.3 Å². The molecule has 0 saturated carbocycles. The van der Waals surface area contributed by atoms with E-state index in [0.717, 1.165) is 19.3 Å². The molecular weight excluding hydrogens is 294 g/mol. The van der Waals surface area contributed by atoms with Gasteiger partial charge in [0.2, 0.25) is 0 Å². The number of carbonyl (C=O) groups is 2. The van der Waals surface area contributed by atoms with Gasteiger partial charge in [0.1, 0.15) is 12.6 Å². The van der Waals surface area contributed by atoms with Crippen molar-refractivity contribution in [3.05, 3.63) is 12.7 Å². The number of ether oxygens (including phenoxy) is 2. The lowest BCUT2D eigenvalue weighted by Crippen LogP contribution is -2.44. The molecule has 1 atom stereocenters. The van der Waals surface area contributed by atoms with Gasteiger partial charge in [-0.05, 0) is 18.8 Å². The maximum atomic E-state index is 12.3. The first-order valence-electron chi connectivity index (χ1n) is 8.61. The maximum Gasteiger partial charge on any atom is 0.410 e. The zero-order valence-corrected chi connectivity index (χ0v) is 15.2. The number of carbonyl (C=O) groups excluding carboxylic acids is 2. The van der Waals surface area contributed by atoms with Crippen molar-refractivity contribution in [1.82, 2.24) is 4.90 Å². The molecule has 0 radical (unpaired) electrons. The molecule has 0 aromatic heterocycles. The zero-order valence-electron chi connectivity index (χ0n) is 15.2. The summed E-state index contributed by atoms with van der Waals surface area (Å²) in [4.78, 5) is 25.5. The number of esters is 1. The Bertz CT molecular complexity index is 355. The summed E-state index contributed by atoms with van der Waals surface area (Å²) in [5.41, 5.74) is 0. The molecule has 134 valence electrons. The molecule has 0 N–H and O–H groups in total. The van der Waals surface area contributed by atoms with Crippen LogP contribution in [0.5, 0.6) is 0 Å². The maximum absolute atomic E-state index is 12.3. The van der Waals surface area contributed by atoms with Crippen LogP contribution in [0.2, 0.25) is 0 Å². The molecule has 1 unspecified atom stereocenters. The van der Waals surface area contributed by atoms with Gasteiger partial charge in [-0.3, -0.25) is 4.90 Å². The third kappa shape index (κ3) is 9.97. The molecule has 0 fully saturated rings. The van der Waals surface area contributed by atoms with Gasteiger partial charge in [0.05, 0.1) is 6.61 Å². The van der Waals surface area contributed by atoms with Gasteiger partial charge < -0.3 is 9.47 Å². The van der Waals surface area contributed by atoms with Crippen LogP contribution in [-0.2, 0) is 14.3 Å². The lowest BCUT2D eigenvalue weighted by Gasteiger charge is -2.27. The molecule has 0 aromatic rings. The Morgan fingerprint density at radius 3 is 2.35 bits per heavy atom. The predicted octanol–water partition coefficient (Wildman–Crippen LogP) is 4.17. The SMILES string of the molecule is C=CCOC(=O)N(C)C(CC(C)C)C(=O)OCCCCCCC. The van der Waals surface area contributed by atoms with Gasteiger partial charge in [-0.1, -0.05) is 59.1 Å². The minimum absolute atomic E-state index is 0.129. The van der Waals surface area contributed by atoms with E-state index in [1.165, 1.54) is 23.8 Å². The highest BCUT2D eigenvalue weighted by Gasteiger charge is 2.29.